The molecule has 0 radical (unpaired) electrons. The van der Waals surface area contributed by atoms with Gasteiger partial charge in [-0.05, 0) is 39.7 Å². The van der Waals surface area contributed by atoms with Gasteiger partial charge in [-0.2, -0.15) is 0 Å². The molecule has 0 aromatic carbocycles. The molecular weight excluding hydrogens is 240 g/mol. The van der Waals surface area contributed by atoms with Crippen molar-refractivity contribution in [3.05, 3.63) is 0 Å². The molecule has 0 unspecified atom stereocenters. The van der Waals surface area contributed by atoms with Crippen LogP contribution < -0.4 is 10.0 Å². The number of ether oxygens (including phenoxy) is 1. The van der Waals surface area contributed by atoms with E-state index >= 15 is 0 Å². The summed E-state index contributed by atoms with van der Waals surface area (Å²) in [6.45, 7) is 4.79. The van der Waals surface area contributed by atoms with Crippen LogP contribution in [0.3, 0.4) is 0 Å². The summed E-state index contributed by atoms with van der Waals surface area (Å²) < 4.78 is 31.1. The minimum Gasteiger partial charge on any atom is -0.377 e. The van der Waals surface area contributed by atoms with Gasteiger partial charge in [-0.15, -0.1) is 0 Å². The zero-order valence-corrected chi connectivity index (χ0v) is 11.8. The Balaban J connectivity index is 2.15. The fourth-order valence-corrected chi connectivity index (χ4v) is 2.52. The molecule has 1 aliphatic carbocycles. The predicted molar refractivity (Wildman–Crippen MR) is 68.5 cm³/mol. The van der Waals surface area contributed by atoms with Gasteiger partial charge in [-0.1, -0.05) is 0 Å². The highest BCUT2D eigenvalue weighted by Crippen LogP contribution is 2.18. The average Bonchev–Trinajstić information content (AvgIpc) is 3.06. The number of hydrogen-bond donors (Lipinski definition) is 2. The Bertz CT molecular complexity index is 324. The molecule has 0 saturated heterocycles. The van der Waals surface area contributed by atoms with Crippen molar-refractivity contribution in [1.29, 1.82) is 0 Å². The molecule has 0 spiro atoms. The van der Waals surface area contributed by atoms with Crippen molar-refractivity contribution in [1.82, 2.24) is 10.0 Å². The lowest BCUT2D eigenvalue weighted by molar-refractivity contribution is 0.0276. The highest BCUT2D eigenvalue weighted by atomic mass is 32.2. The number of methoxy groups -OCH3 is 1. The van der Waals surface area contributed by atoms with Crippen molar-refractivity contribution in [2.45, 2.75) is 44.8 Å². The maximum Gasteiger partial charge on any atom is 0.211 e. The van der Waals surface area contributed by atoms with E-state index in [1.165, 1.54) is 12.8 Å². The molecule has 1 fully saturated rings. The van der Waals surface area contributed by atoms with Crippen LogP contribution in [0.1, 0.15) is 33.1 Å². The lowest BCUT2D eigenvalue weighted by Gasteiger charge is -2.23. The maximum atomic E-state index is 11.7. The molecule has 102 valence electrons. The lowest BCUT2D eigenvalue weighted by atomic mass is 10.1. The van der Waals surface area contributed by atoms with Crippen LogP contribution in [-0.4, -0.2) is 46.0 Å². The highest BCUT2D eigenvalue weighted by molar-refractivity contribution is 7.89. The molecule has 0 heterocycles. The molecule has 0 aliphatic heterocycles. The summed E-state index contributed by atoms with van der Waals surface area (Å²) in [5.74, 6) is 0.173. The van der Waals surface area contributed by atoms with Crippen molar-refractivity contribution in [3.8, 4) is 0 Å². The number of sulfonamides is 1. The summed E-state index contributed by atoms with van der Waals surface area (Å²) in [6.07, 6.45) is 3.11. The Kier molecular flexibility index (Phi) is 5.37. The first kappa shape index (κ1) is 14.9. The molecule has 1 rings (SSSR count). The smallest absolute Gasteiger partial charge is 0.211 e. The van der Waals surface area contributed by atoms with Crippen LogP contribution in [0.5, 0.6) is 0 Å². The third kappa shape index (κ3) is 6.98. The van der Waals surface area contributed by atoms with Crippen LogP contribution in [0.2, 0.25) is 0 Å². The number of nitrogens with one attached hydrogen (secondary N) is 2. The number of hydrogen-bond acceptors (Lipinski definition) is 4. The van der Waals surface area contributed by atoms with Gasteiger partial charge in [0.15, 0.2) is 0 Å². The summed E-state index contributed by atoms with van der Waals surface area (Å²) >= 11 is 0. The van der Waals surface area contributed by atoms with Crippen LogP contribution in [-0.2, 0) is 14.8 Å². The zero-order chi connectivity index (χ0) is 12.9. The summed E-state index contributed by atoms with van der Waals surface area (Å²) in [7, 11) is -1.60. The van der Waals surface area contributed by atoms with Gasteiger partial charge >= 0.3 is 0 Å². The van der Waals surface area contributed by atoms with Gasteiger partial charge < -0.3 is 10.1 Å². The second-order valence-electron chi connectivity index (χ2n) is 5.19. The van der Waals surface area contributed by atoms with Crippen LogP contribution in [0.25, 0.3) is 0 Å². The van der Waals surface area contributed by atoms with Crippen LogP contribution in [0.4, 0.5) is 0 Å². The van der Waals surface area contributed by atoms with Gasteiger partial charge in [0.05, 0.1) is 11.4 Å². The normalized spacial score (nSPS) is 17.4. The van der Waals surface area contributed by atoms with E-state index in [0.29, 0.717) is 19.0 Å². The van der Waals surface area contributed by atoms with E-state index in [4.69, 9.17) is 4.74 Å². The molecule has 6 heteroatoms. The standard InChI is InChI=1S/C11H24N2O3S/c1-11(2,16-3)9-13-17(14,15)8-4-7-12-10-5-6-10/h10,12-13H,4-9H2,1-3H3. The van der Waals surface area contributed by atoms with Crippen LogP contribution in [0.15, 0.2) is 0 Å². The summed E-state index contributed by atoms with van der Waals surface area (Å²) in [5, 5.41) is 3.30. The van der Waals surface area contributed by atoms with Crippen molar-refractivity contribution in [2.75, 3.05) is 26.0 Å². The van der Waals surface area contributed by atoms with E-state index < -0.39 is 15.6 Å². The summed E-state index contributed by atoms with van der Waals surface area (Å²) in [4.78, 5) is 0. The van der Waals surface area contributed by atoms with Crippen LogP contribution >= 0.6 is 0 Å². The third-order valence-electron chi connectivity index (χ3n) is 2.87. The van der Waals surface area contributed by atoms with Gasteiger partial charge in [0.25, 0.3) is 0 Å². The SMILES string of the molecule is COC(C)(C)CNS(=O)(=O)CCCNC1CC1. The Morgan fingerprint density at radius 2 is 2.00 bits per heavy atom. The molecule has 17 heavy (non-hydrogen) atoms. The molecule has 0 amide bonds. The second kappa shape index (κ2) is 6.13. The topological polar surface area (TPSA) is 67.4 Å². The van der Waals surface area contributed by atoms with E-state index in [2.05, 4.69) is 10.0 Å². The van der Waals surface area contributed by atoms with Gasteiger partial charge in [0.2, 0.25) is 10.0 Å². The Morgan fingerprint density at radius 3 is 2.53 bits per heavy atom. The van der Waals surface area contributed by atoms with Crippen LogP contribution in [0, 0.1) is 0 Å². The monoisotopic (exact) mass is 264 g/mol. The highest BCUT2D eigenvalue weighted by Gasteiger charge is 2.21. The first-order chi connectivity index (χ1) is 7.85. The fraction of sp³-hybridized carbons (Fsp3) is 1.00. The van der Waals surface area contributed by atoms with Crippen molar-refractivity contribution in [3.63, 3.8) is 0 Å². The van der Waals surface area contributed by atoms with Crippen molar-refractivity contribution < 1.29 is 13.2 Å². The fourth-order valence-electron chi connectivity index (χ4n) is 1.28. The van der Waals surface area contributed by atoms with E-state index in [-0.39, 0.29) is 5.75 Å². The Labute approximate surface area is 104 Å². The van der Waals surface area contributed by atoms with Gasteiger partial charge in [0.1, 0.15) is 0 Å². The van der Waals surface area contributed by atoms with E-state index in [1.807, 2.05) is 13.8 Å². The quantitative estimate of drug-likeness (QED) is 0.594. The van der Waals surface area contributed by atoms with E-state index in [0.717, 1.165) is 6.54 Å². The first-order valence-electron chi connectivity index (χ1n) is 6.10. The molecule has 1 saturated carbocycles. The van der Waals surface area contributed by atoms with Crippen molar-refractivity contribution in [2.24, 2.45) is 0 Å². The first-order valence-corrected chi connectivity index (χ1v) is 7.76. The molecule has 5 nitrogen and oxygen atoms in total. The molecule has 1 aliphatic rings. The minimum atomic E-state index is -3.17. The second-order valence-corrected chi connectivity index (χ2v) is 7.11. The largest absolute Gasteiger partial charge is 0.377 e. The molecule has 2 N–H and O–H groups in total. The molecular formula is C11H24N2O3S. The summed E-state index contributed by atoms with van der Waals surface area (Å²) in [6, 6.07) is 0.637. The molecule has 0 bridgehead atoms. The molecule has 0 atom stereocenters. The zero-order valence-electron chi connectivity index (χ0n) is 11.0. The summed E-state index contributed by atoms with van der Waals surface area (Å²) in [5.41, 5.74) is -0.459. The van der Waals surface area contributed by atoms with Gasteiger partial charge in [0, 0.05) is 19.7 Å². The Hall–Kier alpha value is -0.170. The van der Waals surface area contributed by atoms with Gasteiger partial charge in [-0.25, -0.2) is 13.1 Å². The minimum absolute atomic E-state index is 0.173. The lowest BCUT2D eigenvalue weighted by Crippen LogP contribution is -2.40. The molecule has 0 aromatic heterocycles. The van der Waals surface area contributed by atoms with E-state index in [9.17, 15) is 8.42 Å². The number of rotatable bonds is 9. The van der Waals surface area contributed by atoms with E-state index in [1.54, 1.807) is 7.11 Å². The average molecular weight is 264 g/mol. The van der Waals surface area contributed by atoms with Gasteiger partial charge in [-0.3, -0.25) is 0 Å². The maximum absolute atomic E-state index is 11.7. The Morgan fingerprint density at radius 1 is 1.35 bits per heavy atom. The molecule has 0 aromatic rings. The van der Waals surface area contributed by atoms with Crippen molar-refractivity contribution >= 4 is 10.0 Å². The predicted octanol–water partition coefficient (Wildman–Crippen LogP) is 0.473. The third-order valence-corrected chi connectivity index (χ3v) is 4.28.